The van der Waals surface area contributed by atoms with Gasteiger partial charge in [-0.15, -0.1) is 0 Å². The predicted octanol–water partition coefficient (Wildman–Crippen LogP) is 3.23. The molecule has 0 heterocycles. The predicted molar refractivity (Wildman–Crippen MR) is 85.5 cm³/mol. The standard InChI is InChI=1S/C18H26O4/c1-5-16(19)15(17(20)12(2)3)11-13(4)18(21)22-14-9-7-6-8-10-14/h6-10,12-13,15-16,19H,5,11H2,1-4H3. The number of aliphatic hydroxyl groups is 1. The SMILES string of the molecule is CCC(O)C(CC(C)C(=O)Oc1ccccc1)C(=O)C(C)C. The Kier molecular flexibility index (Phi) is 7.25. The van der Waals surface area contributed by atoms with Crippen LogP contribution in [-0.2, 0) is 9.59 Å². The molecular weight excluding hydrogens is 280 g/mol. The lowest BCUT2D eigenvalue weighted by atomic mass is 9.83. The van der Waals surface area contributed by atoms with Gasteiger partial charge in [0, 0.05) is 11.8 Å². The van der Waals surface area contributed by atoms with Gasteiger partial charge in [0.05, 0.1) is 12.0 Å². The zero-order chi connectivity index (χ0) is 16.7. The van der Waals surface area contributed by atoms with Gasteiger partial charge in [0.25, 0.3) is 0 Å². The molecule has 4 heteroatoms. The van der Waals surface area contributed by atoms with Crippen LogP contribution in [0.5, 0.6) is 5.75 Å². The lowest BCUT2D eigenvalue weighted by molar-refractivity contribution is -0.140. The molecule has 0 saturated carbocycles. The van der Waals surface area contributed by atoms with Crippen LogP contribution in [0, 0.1) is 17.8 Å². The first-order valence-corrected chi connectivity index (χ1v) is 7.85. The third kappa shape index (κ3) is 5.26. The van der Waals surface area contributed by atoms with Crippen molar-refractivity contribution in [3.63, 3.8) is 0 Å². The Morgan fingerprint density at radius 2 is 1.73 bits per heavy atom. The van der Waals surface area contributed by atoms with Crippen LogP contribution in [0.1, 0.15) is 40.5 Å². The molecule has 0 aromatic heterocycles. The van der Waals surface area contributed by atoms with Crippen LogP contribution in [0.25, 0.3) is 0 Å². The summed E-state index contributed by atoms with van der Waals surface area (Å²) in [5, 5.41) is 10.1. The summed E-state index contributed by atoms with van der Waals surface area (Å²) >= 11 is 0. The van der Waals surface area contributed by atoms with Crippen molar-refractivity contribution in [2.24, 2.45) is 17.8 Å². The molecule has 0 aliphatic rings. The van der Waals surface area contributed by atoms with Gasteiger partial charge in [-0.1, -0.05) is 45.9 Å². The fourth-order valence-corrected chi connectivity index (χ4v) is 2.36. The second-order valence-corrected chi connectivity index (χ2v) is 6.01. The van der Waals surface area contributed by atoms with Crippen LogP contribution in [0.4, 0.5) is 0 Å². The number of carbonyl (C=O) groups excluding carboxylic acids is 2. The summed E-state index contributed by atoms with van der Waals surface area (Å²) in [6, 6.07) is 8.85. The highest BCUT2D eigenvalue weighted by Gasteiger charge is 2.31. The Hall–Kier alpha value is -1.68. The summed E-state index contributed by atoms with van der Waals surface area (Å²) < 4.78 is 5.30. The molecule has 122 valence electrons. The lowest BCUT2D eigenvalue weighted by Gasteiger charge is -2.24. The molecule has 0 spiro atoms. The minimum Gasteiger partial charge on any atom is -0.426 e. The number of hydrogen-bond donors (Lipinski definition) is 1. The largest absolute Gasteiger partial charge is 0.426 e. The minimum atomic E-state index is -0.720. The number of Topliss-reactive ketones (excluding diaryl/α,β-unsaturated/α-hetero) is 1. The number of ether oxygens (including phenoxy) is 1. The van der Waals surface area contributed by atoms with E-state index in [0.29, 0.717) is 18.6 Å². The van der Waals surface area contributed by atoms with E-state index in [1.54, 1.807) is 31.2 Å². The molecule has 0 aliphatic heterocycles. The van der Waals surface area contributed by atoms with Crippen LogP contribution in [0.2, 0.25) is 0 Å². The maximum Gasteiger partial charge on any atom is 0.314 e. The molecule has 4 nitrogen and oxygen atoms in total. The minimum absolute atomic E-state index is 0.00582. The Morgan fingerprint density at radius 3 is 2.23 bits per heavy atom. The molecule has 1 N–H and O–H groups in total. The van der Waals surface area contributed by atoms with Gasteiger partial charge < -0.3 is 9.84 Å². The summed E-state index contributed by atoms with van der Waals surface area (Å²) in [5.41, 5.74) is 0. The van der Waals surface area contributed by atoms with E-state index < -0.39 is 17.9 Å². The number of benzene rings is 1. The van der Waals surface area contributed by atoms with E-state index in [0.717, 1.165) is 0 Å². The highest BCUT2D eigenvalue weighted by Crippen LogP contribution is 2.24. The number of esters is 1. The van der Waals surface area contributed by atoms with Crippen molar-refractivity contribution in [3.05, 3.63) is 30.3 Å². The van der Waals surface area contributed by atoms with Crippen molar-refractivity contribution in [1.82, 2.24) is 0 Å². The average Bonchev–Trinajstić information content (AvgIpc) is 2.51. The van der Waals surface area contributed by atoms with E-state index in [9.17, 15) is 14.7 Å². The zero-order valence-corrected chi connectivity index (χ0v) is 13.8. The first-order chi connectivity index (χ1) is 10.4. The quantitative estimate of drug-likeness (QED) is 0.591. The highest BCUT2D eigenvalue weighted by atomic mass is 16.5. The first kappa shape index (κ1) is 18.4. The third-order valence-electron chi connectivity index (χ3n) is 3.79. The number of hydrogen-bond acceptors (Lipinski definition) is 4. The van der Waals surface area contributed by atoms with E-state index in [2.05, 4.69) is 0 Å². The molecule has 1 aromatic carbocycles. The number of carbonyl (C=O) groups is 2. The molecule has 3 unspecified atom stereocenters. The molecular formula is C18H26O4. The summed E-state index contributed by atoms with van der Waals surface area (Å²) in [6.45, 7) is 7.18. The summed E-state index contributed by atoms with van der Waals surface area (Å²) in [6.07, 6.45) is 0.0724. The van der Waals surface area contributed by atoms with Gasteiger partial charge in [0.2, 0.25) is 0 Å². The van der Waals surface area contributed by atoms with E-state index in [1.165, 1.54) is 0 Å². The molecule has 0 amide bonds. The van der Waals surface area contributed by atoms with Gasteiger partial charge in [-0.25, -0.2) is 0 Å². The Morgan fingerprint density at radius 1 is 1.14 bits per heavy atom. The van der Waals surface area contributed by atoms with E-state index in [4.69, 9.17) is 4.74 Å². The highest BCUT2D eigenvalue weighted by molar-refractivity contribution is 5.84. The van der Waals surface area contributed by atoms with Crippen LogP contribution >= 0.6 is 0 Å². The monoisotopic (exact) mass is 306 g/mol. The first-order valence-electron chi connectivity index (χ1n) is 7.85. The Labute approximate surface area is 132 Å². The second kappa shape index (κ2) is 8.69. The van der Waals surface area contributed by atoms with Crippen molar-refractivity contribution in [2.45, 2.75) is 46.6 Å². The van der Waals surface area contributed by atoms with Crippen LogP contribution < -0.4 is 4.74 Å². The van der Waals surface area contributed by atoms with E-state index in [-0.39, 0.29) is 17.7 Å². The molecule has 0 aliphatic carbocycles. The fraction of sp³-hybridized carbons (Fsp3) is 0.556. The average molecular weight is 306 g/mol. The normalized spacial score (nSPS) is 15.2. The van der Waals surface area contributed by atoms with Crippen molar-refractivity contribution in [3.8, 4) is 5.75 Å². The molecule has 1 aromatic rings. The smallest absolute Gasteiger partial charge is 0.314 e. The van der Waals surface area contributed by atoms with Crippen molar-refractivity contribution >= 4 is 11.8 Å². The number of para-hydroxylation sites is 1. The maximum absolute atomic E-state index is 12.2. The molecule has 1 rings (SSSR count). The van der Waals surface area contributed by atoms with Crippen LogP contribution in [0.15, 0.2) is 30.3 Å². The number of rotatable bonds is 8. The van der Waals surface area contributed by atoms with Gasteiger partial charge >= 0.3 is 5.97 Å². The third-order valence-corrected chi connectivity index (χ3v) is 3.79. The molecule has 3 atom stereocenters. The van der Waals surface area contributed by atoms with Gasteiger partial charge in [0.15, 0.2) is 0 Å². The van der Waals surface area contributed by atoms with Crippen LogP contribution in [0.3, 0.4) is 0 Å². The summed E-state index contributed by atoms with van der Waals surface area (Å²) in [7, 11) is 0. The topological polar surface area (TPSA) is 63.6 Å². The summed E-state index contributed by atoms with van der Waals surface area (Å²) in [5.74, 6) is -1.03. The zero-order valence-electron chi connectivity index (χ0n) is 13.8. The summed E-state index contributed by atoms with van der Waals surface area (Å²) in [4.78, 5) is 24.4. The fourth-order valence-electron chi connectivity index (χ4n) is 2.36. The van der Waals surface area contributed by atoms with E-state index >= 15 is 0 Å². The maximum atomic E-state index is 12.2. The number of ketones is 1. The van der Waals surface area contributed by atoms with Crippen LogP contribution in [-0.4, -0.2) is 23.0 Å². The molecule has 22 heavy (non-hydrogen) atoms. The number of aliphatic hydroxyl groups excluding tert-OH is 1. The van der Waals surface area contributed by atoms with Gasteiger partial charge in [0.1, 0.15) is 11.5 Å². The Balaban J connectivity index is 2.71. The van der Waals surface area contributed by atoms with Crippen molar-refractivity contribution < 1.29 is 19.4 Å². The van der Waals surface area contributed by atoms with Gasteiger partial charge in [-0.2, -0.15) is 0 Å². The molecule has 0 bridgehead atoms. The van der Waals surface area contributed by atoms with E-state index in [1.807, 2.05) is 26.8 Å². The molecule has 0 saturated heterocycles. The van der Waals surface area contributed by atoms with Gasteiger partial charge in [-0.05, 0) is 25.0 Å². The molecule has 0 radical (unpaired) electrons. The second-order valence-electron chi connectivity index (χ2n) is 6.01. The van der Waals surface area contributed by atoms with Crippen molar-refractivity contribution in [1.29, 1.82) is 0 Å². The lowest BCUT2D eigenvalue weighted by Crippen LogP contribution is -2.34. The van der Waals surface area contributed by atoms with Crippen molar-refractivity contribution in [2.75, 3.05) is 0 Å². The molecule has 0 fully saturated rings. The Bertz CT molecular complexity index is 481. The van der Waals surface area contributed by atoms with Gasteiger partial charge in [-0.3, -0.25) is 9.59 Å².